The molecular weight excluding hydrogens is 509 g/mol. The van der Waals surface area contributed by atoms with Gasteiger partial charge in [0, 0.05) is 30.0 Å². The van der Waals surface area contributed by atoms with E-state index in [0.29, 0.717) is 49.5 Å². The predicted octanol–water partition coefficient (Wildman–Crippen LogP) is 3.77. The zero-order valence-corrected chi connectivity index (χ0v) is 22.0. The third kappa shape index (κ3) is 6.01. The molecule has 3 atom stereocenters. The number of aromatic nitrogens is 1. The molecule has 1 saturated carbocycles. The number of anilines is 2. The van der Waals surface area contributed by atoms with Gasteiger partial charge in [0.05, 0.1) is 31.2 Å². The summed E-state index contributed by atoms with van der Waals surface area (Å²) in [5, 5.41) is 3.00. The highest BCUT2D eigenvalue weighted by molar-refractivity contribution is 7.92. The third-order valence-corrected chi connectivity index (χ3v) is 7.64. The number of alkyl halides is 3. The van der Waals surface area contributed by atoms with E-state index in [1.165, 1.54) is 6.07 Å². The van der Waals surface area contributed by atoms with E-state index in [4.69, 9.17) is 4.74 Å². The SMILES string of the molecule is Cc1cc([C@@H](C)NC(=O)C2CC2(C)c2ccc(C(F)(F)F)nc2N2CCOCC2)ccc1NS(C)(=O)=O. The second-order valence-electron chi connectivity index (χ2n) is 10.0. The van der Waals surface area contributed by atoms with Crippen molar-refractivity contribution in [2.24, 2.45) is 5.92 Å². The average molecular weight is 541 g/mol. The third-order valence-electron chi connectivity index (χ3n) is 7.05. The zero-order chi connectivity index (χ0) is 27.2. The molecular formula is C25H31F3N4O4S. The number of aryl methyl sites for hydroxylation is 1. The number of morpholine rings is 1. The summed E-state index contributed by atoms with van der Waals surface area (Å²) in [5.74, 6) is -0.354. The lowest BCUT2D eigenvalue weighted by molar-refractivity contribution is -0.141. The zero-order valence-electron chi connectivity index (χ0n) is 21.1. The average Bonchev–Trinajstić information content (AvgIpc) is 3.52. The first-order valence-electron chi connectivity index (χ1n) is 12.0. The lowest BCUT2D eigenvalue weighted by Crippen LogP contribution is -2.38. The first-order valence-corrected chi connectivity index (χ1v) is 13.9. The van der Waals surface area contributed by atoms with Gasteiger partial charge in [-0.1, -0.05) is 25.1 Å². The largest absolute Gasteiger partial charge is 0.433 e. The summed E-state index contributed by atoms with van der Waals surface area (Å²) in [4.78, 5) is 19.0. The summed E-state index contributed by atoms with van der Waals surface area (Å²) in [6, 6.07) is 7.28. The van der Waals surface area contributed by atoms with E-state index >= 15 is 0 Å². The highest BCUT2D eigenvalue weighted by Gasteiger charge is 2.57. The number of hydrogen-bond acceptors (Lipinski definition) is 6. The summed E-state index contributed by atoms with van der Waals surface area (Å²) in [7, 11) is -3.41. The van der Waals surface area contributed by atoms with E-state index in [9.17, 15) is 26.4 Å². The first kappa shape index (κ1) is 27.2. The Bertz CT molecular complexity index is 1300. The number of ether oxygens (including phenoxy) is 1. The van der Waals surface area contributed by atoms with Gasteiger partial charge in [-0.25, -0.2) is 13.4 Å². The van der Waals surface area contributed by atoms with Crippen molar-refractivity contribution in [2.75, 3.05) is 42.2 Å². The van der Waals surface area contributed by atoms with Crippen molar-refractivity contribution in [3.05, 3.63) is 52.7 Å². The van der Waals surface area contributed by atoms with Crippen LogP contribution in [0.4, 0.5) is 24.7 Å². The summed E-state index contributed by atoms with van der Waals surface area (Å²) >= 11 is 0. The maximum absolute atomic E-state index is 13.4. The molecule has 0 bridgehead atoms. The molecule has 0 spiro atoms. The molecule has 37 heavy (non-hydrogen) atoms. The van der Waals surface area contributed by atoms with Crippen molar-refractivity contribution in [1.82, 2.24) is 10.3 Å². The Morgan fingerprint density at radius 2 is 1.89 bits per heavy atom. The maximum atomic E-state index is 13.4. The molecule has 1 aliphatic carbocycles. The number of carbonyl (C=O) groups is 1. The van der Waals surface area contributed by atoms with Gasteiger partial charge in [-0.2, -0.15) is 13.2 Å². The van der Waals surface area contributed by atoms with Gasteiger partial charge in [0.25, 0.3) is 0 Å². The standard InChI is InChI=1S/C25H31F3N4O4S/c1-15-13-17(5-7-20(15)31-37(4,34)35)16(2)29-23(33)19-14-24(19,3)18-6-8-21(25(26,27)28)30-22(18)32-9-11-36-12-10-32/h5-8,13,16,19,31H,9-12,14H2,1-4H3,(H,29,33)/t16-,19?,24?/m1/s1. The topological polar surface area (TPSA) is 101 Å². The Labute approximate surface area is 214 Å². The van der Waals surface area contributed by atoms with E-state index in [1.807, 2.05) is 13.8 Å². The molecule has 1 aromatic heterocycles. The number of hydrogen-bond donors (Lipinski definition) is 2. The molecule has 2 N–H and O–H groups in total. The van der Waals surface area contributed by atoms with Crippen LogP contribution in [-0.4, -0.2) is 51.9 Å². The van der Waals surface area contributed by atoms with Crippen LogP contribution in [0.1, 0.15) is 48.7 Å². The molecule has 0 radical (unpaired) electrons. The van der Waals surface area contributed by atoms with E-state index in [1.54, 1.807) is 30.0 Å². The molecule has 1 saturated heterocycles. The number of nitrogens with one attached hydrogen (secondary N) is 2. The Morgan fingerprint density at radius 3 is 2.49 bits per heavy atom. The molecule has 8 nitrogen and oxygen atoms in total. The molecule has 2 unspecified atom stereocenters. The molecule has 1 aliphatic heterocycles. The number of pyridine rings is 1. The number of nitrogens with zero attached hydrogens (tertiary/aromatic N) is 2. The van der Waals surface area contributed by atoms with Gasteiger partial charge < -0.3 is 15.0 Å². The van der Waals surface area contributed by atoms with Crippen molar-refractivity contribution >= 4 is 27.4 Å². The quantitative estimate of drug-likeness (QED) is 0.555. The second kappa shape index (κ2) is 9.79. The van der Waals surface area contributed by atoms with Crippen LogP contribution >= 0.6 is 0 Å². The second-order valence-corrected chi connectivity index (χ2v) is 11.8. The summed E-state index contributed by atoms with van der Waals surface area (Å²) in [6.07, 6.45) is -3.00. The van der Waals surface area contributed by atoms with Gasteiger partial charge in [0.2, 0.25) is 15.9 Å². The van der Waals surface area contributed by atoms with Crippen LogP contribution in [0, 0.1) is 12.8 Å². The van der Waals surface area contributed by atoms with Crippen molar-refractivity contribution in [2.45, 2.75) is 44.8 Å². The number of amides is 1. The number of sulfonamides is 1. The summed E-state index contributed by atoms with van der Waals surface area (Å²) in [6.45, 7) is 7.12. The van der Waals surface area contributed by atoms with Gasteiger partial charge >= 0.3 is 6.18 Å². The maximum Gasteiger partial charge on any atom is 0.433 e. The van der Waals surface area contributed by atoms with E-state index in [-0.39, 0.29) is 17.8 Å². The van der Waals surface area contributed by atoms with Crippen LogP contribution < -0.4 is 14.9 Å². The van der Waals surface area contributed by atoms with Crippen LogP contribution in [0.15, 0.2) is 30.3 Å². The van der Waals surface area contributed by atoms with Gasteiger partial charge in [0.15, 0.2) is 0 Å². The fourth-order valence-electron chi connectivity index (χ4n) is 4.78. The smallest absolute Gasteiger partial charge is 0.378 e. The monoisotopic (exact) mass is 540 g/mol. The van der Waals surface area contributed by atoms with E-state index in [0.717, 1.165) is 17.9 Å². The lowest BCUT2D eigenvalue weighted by atomic mass is 9.94. The van der Waals surface area contributed by atoms with Crippen molar-refractivity contribution in [1.29, 1.82) is 0 Å². The molecule has 2 heterocycles. The number of rotatable bonds is 7. The number of benzene rings is 1. The van der Waals surface area contributed by atoms with Gasteiger partial charge in [-0.15, -0.1) is 0 Å². The van der Waals surface area contributed by atoms with Crippen LogP contribution in [0.3, 0.4) is 0 Å². The highest BCUT2D eigenvalue weighted by Crippen LogP contribution is 2.56. The van der Waals surface area contributed by atoms with Crippen LogP contribution in [0.25, 0.3) is 0 Å². The van der Waals surface area contributed by atoms with Gasteiger partial charge in [0.1, 0.15) is 11.5 Å². The molecule has 1 amide bonds. The van der Waals surface area contributed by atoms with Gasteiger partial charge in [-0.3, -0.25) is 9.52 Å². The number of carbonyl (C=O) groups excluding carboxylic acids is 1. The van der Waals surface area contributed by atoms with Crippen molar-refractivity contribution < 1.29 is 31.1 Å². The molecule has 202 valence electrons. The molecule has 12 heteroatoms. The van der Waals surface area contributed by atoms with Crippen molar-refractivity contribution in [3.63, 3.8) is 0 Å². The van der Waals surface area contributed by atoms with Crippen LogP contribution in [0.2, 0.25) is 0 Å². The minimum atomic E-state index is -4.57. The Balaban J connectivity index is 1.52. The fraction of sp³-hybridized carbons (Fsp3) is 0.520. The van der Waals surface area contributed by atoms with Crippen LogP contribution in [-0.2, 0) is 31.1 Å². The lowest BCUT2D eigenvalue weighted by Gasteiger charge is -2.31. The fourth-order valence-corrected chi connectivity index (χ4v) is 5.41. The summed E-state index contributed by atoms with van der Waals surface area (Å²) in [5.41, 5.74) is 1.00. The first-order chi connectivity index (χ1) is 17.2. The van der Waals surface area contributed by atoms with E-state index in [2.05, 4.69) is 15.0 Å². The molecule has 1 aromatic carbocycles. The Morgan fingerprint density at radius 1 is 1.22 bits per heavy atom. The normalized spacial score (nSPS) is 22.9. The van der Waals surface area contributed by atoms with Crippen LogP contribution in [0.5, 0.6) is 0 Å². The highest BCUT2D eigenvalue weighted by atomic mass is 32.2. The molecule has 2 aromatic rings. The Hall–Kier alpha value is -2.86. The molecule has 2 aliphatic rings. The minimum absolute atomic E-state index is 0.196. The van der Waals surface area contributed by atoms with E-state index < -0.39 is 33.2 Å². The van der Waals surface area contributed by atoms with Crippen molar-refractivity contribution in [3.8, 4) is 0 Å². The molecule has 2 fully saturated rings. The predicted molar refractivity (Wildman–Crippen MR) is 134 cm³/mol. The summed E-state index contributed by atoms with van der Waals surface area (Å²) < 4.78 is 71.1. The minimum Gasteiger partial charge on any atom is -0.378 e. The Kier molecular flexibility index (Phi) is 7.19. The molecule has 4 rings (SSSR count). The number of halogens is 3. The van der Waals surface area contributed by atoms with Gasteiger partial charge in [-0.05, 0) is 43.5 Å².